The molecule has 0 saturated heterocycles. The standard InChI is InChI=1S/C28H24N2O12S2/c1-37-21-15-5-7-19(31)41-25(15)27(23-17(21)9-13-39-23)43(33,34)29-11-3-4-12-30-44(35,36)28-24-18(10-14-40-24)22(38-2)16-6-8-20(32)42-26(16)28/h5-10,13-14,29-30H,3-4,11-12H2,1-2H3. The number of rotatable bonds is 11. The Morgan fingerprint density at radius 3 is 1.36 bits per heavy atom. The molecule has 14 nitrogen and oxygen atoms in total. The molecule has 0 radical (unpaired) electrons. The largest absolute Gasteiger partial charge is 0.495 e. The van der Waals surface area contributed by atoms with Crippen LogP contribution in [0.4, 0.5) is 0 Å². The molecular formula is C28H24N2O12S2. The van der Waals surface area contributed by atoms with Crippen molar-refractivity contribution in [3.8, 4) is 11.5 Å². The molecule has 2 aromatic carbocycles. The molecule has 0 aliphatic rings. The van der Waals surface area contributed by atoms with E-state index in [2.05, 4.69) is 9.44 Å². The number of benzene rings is 2. The molecule has 0 aliphatic carbocycles. The van der Waals surface area contributed by atoms with Gasteiger partial charge in [-0.3, -0.25) is 0 Å². The first kappa shape index (κ1) is 29.4. The Bertz CT molecular complexity index is 2230. The van der Waals surface area contributed by atoms with Gasteiger partial charge in [-0.15, -0.1) is 0 Å². The van der Waals surface area contributed by atoms with Crippen LogP contribution in [0.25, 0.3) is 43.9 Å². The fourth-order valence-corrected chi connectivity index (χ4v) is 7.80. The zero-order valence-electron chi connectivity index (χ0n) is 23.2. The van der Waals surface area contributed by atoms with Gasteiger partial charge in [0.1, 0.15) is 11.5 Å². The third-order valence-electron chi connectivity index (χ3n) is 6.93. The number of hydrogen-bond donors (Lipinski definition) is 2. The Morgan fingerprint density at radius 2 is 0.977 bits per heavy atom. The molecule has 4 aromatic heterocycles. The summed E-state index contributed by atoms with van der Waals surface area (Å²) in [6.45, 7) is -0.167. The molecule has 2 N–H and O–H groups in total. The van der Waals surface area contributed by atoms with Gasteiger partial charge < -0.3 is 27.1 Å². The number of fused-ring (bicyclic) bond motifs is 4. The first-order valence-electron chi connectivity index (χ1n) is 13.1. The van der Waals surface area contributed by atoms with Crippen molar-refractivity contribution in [1.82, 2.24) is 9.44 Å². The van der Waals surface area contributed by atoms with Crippen LogP contribution in [-0.2, 0) is 20.0 Å². The van der Waals surface area contributed by atoms with Gasteiger partial charge in [-0.2, -0.15) is 0 Å². The van der Waals surface area contributed by atoms with Crippen LogP contribution >= 0.6 is 0 Å². The zero-order valence-corrected chi connectivity index (χ0v) is 24.8. The number of sulfonamides is 2. The topological polar surface area (TPSA) is 197 Å². The van der Waals surface area contributed by atoms with Crippen LogP contribution in [0.15, 0.2) is 86.0 Å². The van der Waals surface area contributed by atoms with Crippen molar-refractivity contribution in [3.63, 3.8) is 0 Å². The lowest BCUT2D eigenvalue weighted by Crippen LogP contribution is -2.28. The van der Waals surface area contributed by atoms with Crippen LogP contribution in [0.1, 0.15) is 12.8 Å². The van der Waals surface area contributed by atoms with E-state index in [1.54, 1.807) is 0 Å². The predicted molar refractivity (Wildman–Crippen MR) is 157 cm³/mol. The molecule has 0 saturated carbocycles. The first-order valence-corrected chi connectivity index (χ1v) is 16.1. The van der Waals surface area contributed by atoms with Crippen molar-refractivity contribution in [1.29, 1.82) is 0 Å². The number of nitrogens with one attached hydrogen (secondary N) is 2. The second-order valence-corrected chi connectivity index (χ2v) is 13.0. The number of unbranched alkanes of at least 4 members (excludes halogenated alkanes) is 1. The van der Waals surface area contributed by atoms with Gasteiger partial charge in [0.15, 0.2) is 32.1 Å². The molecule has 0 atom stereocenters. The van der Waals surface area contributed by atoms with E-state index in [1.807, 2.05) is 0 Å². The molecule has 0 fully saturated rings. The van der Waals surface area contributed by atoms with Crippen LogP contribution in [-0.4, -0.2) is 44.1 Å². The SMILES string of the molecule is COc1c2ccoc2c(S(=O)(=O)NCCCCNS(=O)(=O)c2c3occc3c(OC)c3ccc(=O)oc23)c2oc(=O)ccc12. The third-order valence-corrected chi connectivity index (χ3v) is 9.92. The van der Waals surface area contributed by atoms with Gasteiger partial charge in [0.25, 0.3) is 0 Å². The van der Waals surface area contributed by atoms with Crippen molar-refractivity contribution in [2.24, 2.45) is 0 Å². The molecule has 0 bridgehead atoms. The van der Waals surface area contributed by atoms with Crippen molar-refractivity contribution < 1.29 is 44.0 Å². The molecule has 6 aromatic rings. The summed E-state index contributed by atoms with van der Waals surface area (Å²) in [6.07, 6.45) is 3.03. The fourth-order valence-electron chi connectivity index (χ4n) is 5.09. The Labute approximate surface area is 248 Å². The molecule has 0 unspecified atom stereocenters. The normalized spacial score (nSPS) is 12.5. The van der Waals surface area contributed by atoms with E-state index in [0.29, 0.717) is 10.8 Å². The maximum Gasteiger partial charge on any atom is 0.336 e. The number of furan rings is 2. The molecule has 16 heteroatoms. The smallest absolute Gasteiger partial charge is 0.336 e. The summed E-state index contributed by atoms with van der Waals surface area (Å²) in [6, 6.07) is 8.20. The second-order valence-electron chi connectivity index (χ2n) is 9.55. The molecule has 4 heterocycles. The summed E-state index contributed by atoms with van der Waals surface area (Å²) < 4.78 is 90.8. The van der Waals surface area contributed by atoms with Gasteiger partial charge >= 0.3 is 11.3 Å². The van der Waals surface area contributed by atoms with Crippen LogP contribution in [0.3, 0.4) is 0 Å². The highest BCUT2D eigenvalue weighted by atomic mass is 32.2. The van der Waals surface area contributed by atoms with Crippen molar-refractivity contribution >= 4 is 63.9 Å². The Morgan fingerprint density at radius 1 is 0.591 bits per heavy atom. The van der Waals surface area contributed by atoms with E-state index in [1.165, 1.54) is 51.0 Å². The minimum atomic E-state index is -4.27. The maximum absolute atomic E-state index is 13.4. The highest BCUT2D eigenvalue weighted by Gasteiger charge is 2.30. The Hall–Kier alpha value is -4.64. The average Bonchev–Trinajstić information content (AvgIpc) is 3.66. The Kier molecular flexibility index (Phi) is 7.44. The van der Waals surface area contributed by atoms with Crippen LogP contribution in [0, 0.1) is 0 Å². The lowest BCUT2D eigenvalue weighted by molar-refractivity contribution is 0.422. The molecule has 0 aliphatic heterocycles. The van der Waals surface area contributed by atoms with Gasteiger partial charge in [-0.1, -0.05) is 0 Å². The van der Waals surface area contributed by atoms with Crippen molar-refractivity contribution in [3.05, 3.63) is 69.8 Å². The van der Waals surface area contributed by atoms with Crippen LogP contribution in [0.5, 0.6) is 11.5 Å². The second kappa shape index (κ2) is 11.1. The van der Waals surface area contributed by atoms with Gasteiger partial charge in [0.2, 0.25) is 20.0 Å². The number of ether oxygens (including phenoxy) is 2. The summed E-state index contributed by atoms with van der Waals surface area (Å²) in [4.78, 5) is 23.3. The summed E-state index contributed by atoms with van der Waals surface area (Å²) in [7, 11) is -5.75. The van der Waals surface area contributed by atoms with E-state index in [0.717, 1.165) is 12.1 Å². The summed E-state index contributed by atoms with van der Waals surface area (Å²) in [5.74, 6) is 0.573. The number of methoxy groups -OCH3 is 2. The maximum atomic E-state index is 13.4. The van der Waals surface area contributed by atoms with E-state index in [9.17, 15) is 26.4 Å². The first-order chi connectivity index (χ1) is 21.1. The highest BCUT2D eigenvalue weighted by molar-refractivity contribution is 7.90. The lowest BCUT2D eigenvalue weighted by Gasteiger charge is -2.13. The minimum absolute atomic E-state index is 0.0495. The van der Waals surface area contributed by atoms with E-state index < -0.39 is 31.3 Å². The van der Waals surface area contributed by atoms with Gasteiger partial charge in [0.05, 0.1) is 48.3 Å². The Balaban J connectivity index is 1.20. The molecule has 0 amide bonds. The summed E-state index contributed by atoms with van der Waals surface area (Å²) in [5.41, 5.74) is -2.06. The predicted octanol–water partition coefficient (Wildman–Crippen LogP) is 3.45. The van der Waals surface area contributed by atoms with E-state index in [-0.39, 0.29) is 80.3 Å². The molecule has 0 spiro atoms. The molecule has 44 heavy (non-hydrogen) atoms. The highest BCUT2D eigenvalue weighted by Crippen LogP contribution is 2.41. The molecular weight excluding hydrogens is 620 g/mol. The van der Waals surface area contributed by atoms with Crippen LogP contribution < -0.4 is 30.2 Å². The zero-order chi connectivity index (χ0) is 31.2. The lowest BCUT2D eigenvalue weighted by atomic mass is 10.1. The summed E-state index contributed by atoms with van der Waals surface area (Å²) >= 11 is 0. The van der Waals surface area contributed by atoms with Crippen molar-refractivity contribution in [2.75, 3.05) is 27.3 Å². The fraction of sp³-hybridized carbons (Fsp3) is 0.214. The minimum Gasteiger partial charge on any atom is -0.495 e. The van der Waals surface area contributed by atoms with Gasteiger partial charge in [-0.05, 0) is 37.1 Å². The van der Waals surface area contributed by atoms with Crippen LogP contribution in [0.2, 0.25) is 0 Å². The number of hydrogen-bond acceptors (Lipinski definition) is 12. The van der Waals surface area contributed by atoms with Gasteiger partial charge in [-0.25, -0.2) is 35.9 Å². The summed E-state index contributed by atoms with van der Waals surface area (Å²) in [5, 5.41) is 1.28. The van der Waals surface area contributed by atoms with E-state index in [4.69, 9.17) is 27.1 Å². The third kappa shape index (κ3) is 4.90. The van der Waals surface area contributed by atoms with Crippen molar-refractivity contribution in [2.45, 2.75) is 22.6 Å². The quantitative estimate of drug-likeness (QED) is 0.154. The van der Waals surface area contributed by atoms with E-state index >= 15 is 0 Å². The monoisotopic (exact) mass is 644 g/mol. The average molecular weight is 645 g/mol. The molecule has 6 rings (SSSR count). The van der Waals surface area contributed by atoms with Gasteiger partial charge in [0, 0.05) is 25.2 Å². The molecule has 230 valence electrons.